The minimum absolute atomic E-state index is 0.0906. The van der Waals surface area contributed by atoms with Crippen LogP contribution in [-0.2, 0) is 27.5 Å². The Morgan fingerprint density at radius 2 is 1.69 bits per heavy atom. The zero-order valence-corrected chi connectivity index (χ0v) is 20.1. The van der Waals surface area contributed by atoms with E-state index >= 15 is 0 Å². The molecule has 0 fully saturated rings. The molecular weight excluding hydrogens is 505 g/mol. The highest BCUT2D eigenvalue weighted by atomic mass is 35.5. The number of ether oxygens (including phenoxy) is 1. The molecule has 1 amide bonds. The van der Waals surface area contributed by atoms with Gasteiger partial charge in [0.15, 0.2) is 0 Å². The molecule has 0 heterocycles. The van der Waals surface area contributed by atoms with E-state index in [9.17, 15) is 26.4 Å². The summed E-state index contributed by atoms with van der Waals surface area (Å²) in [6.45, 7) is 1.30. The first kappa shape index (κ1) is 26.5. The molecule has 0 aromatic heterocycles. The molecule has 3 aromatic rings. The van der Waals surface area contributed by atoms with Crippen molar-refractivity contribution in [1.82, 2.24) is 4.31 Å². The van der Waals surface area contributed by atoms with Crippen molar-refractivity contribution in [3.63, 3.8) is 0 Å². The number of benzene rings is 3. The zero-order chi connectivity index (χ0) is 25.6. The van der Waals surface area contributed by atoms with Gasteiger partial charge in [-0.15, -0.1) is 0 Å². The van der Waals surface area contributed by atoms with E-state index in [-0.39, 0.29) is 16.5 Å². The number of rotatable bonds is 9. The van der Waals surface area contributed by atoms with Crippen LogP contribution in [0.1, 0.15) is 18.1 Å². The Bertz CT molecular complexity index is 1270. The molecule has 0 aliphatic heterocycles. The Morgan fingerprint density at radius 3 is 2.29 bits per heavy atom. The summed E-state index contributed by atoms with van der Waals surface area (Å²) in [5.74, 6) is -0.468. The van der Waals surface area contributed by atoms with Gasteiger partial charge < -0.3 is 10.1 Å². The predicted molar refractivity (Wildman–Crippen MR) is 127 cm³/mol. The number of nitrogens with one attached hydrogen (secondary N) is 1. The van der Waals surface area contributed by atoms with Crippen molar-refractivity contribution in [3.8, 4) is 5.75 Å². The summed E-state index contributed by atoms with van der Waals surface area (Å²) in [7, 11) is -4.19. The lowest BCUT2D eigenvalue weighted by Gasteiger charge is -2.23. The lowest BCUT2D eigenvalue weighted by Crippen LogP contribution is -2.37. The number of sulfonamides is 1. The summed E-state index contributed by atoms with van der Waals surface area (Å²) >= 11 is 5.68. The molecule has 0 atom stereocenters. The van der Waals surface area contributed by atoms with Gasteiger partial charge in [-0.2, -0.15) is 17.5 Å². The molecule has 3 aromatic carbocycles. The monoisotopic (exact) mass is 526 g/mol. The molecule has 1 N–H and O–H groups in total. The Kier molecular flexibility index (Phi) is 8.42. The van der Waals surface area contributed by atoms with E-state index in [1.807, 2.05) is 0 Å². The SMILES string of the molecule is CCOc1ccc(S(=O)(=O)N(CC(=O)Nc2ccc(Cl)cc2C(F)(F)F)Cc2ccccc2)cc1. The van der Waals surface area contributed by atoms with Crippen molar-refractivity contribution in [1.29, 1.82) is 0 Å². The van der Waals surface area contributed by atoms with Crippen LogP contribution in [0.25, 0.3) is 0 Å². The fourth-order valence-corrected chi connectivity index (χ4v) is 4.80. The van der Waals surface area contributed by atoms with E-state index in [1.54, 1.807) is 37.3 Å². The number of nitrogens with zero attached hydrogens (tertiary/aromatic N) is 1. The number of alkyl halides is 3. The molecule has 0 radical (unpaired) electrons. The van der Waals surface area contributed by atoms with Gasteiger partial charge in [0, 0.05) is 11.6 Å². The molecule has 0 aliphatic rings. The van der Waals surface area contributed by atoms with Gasteiger partial charge in [-0.25, -0.2) is 8.42 Å². The number of amides is 1. The number of halogens is 4. The molecule has 3 rings (SSSR count). The molecular formula is C24H22ClF3N2O4S. The van der Waals surface area contributed by atoms with Crippen molar-refractivity contribution in [2.45, 2.75) is 24.5 Å². The van der Waals surface area contributed by atoms with Gasteiger partial charge in [0.05, 0.1) is 29.3 Å². The van der Waals surface area contributed by atoms with Gasteiger partial charge in [-0.3, -0.25) is 4.79 Å². The number of carbonyl (C=O) groups excluding carboxylic acids is 1. The van der Waals surface area contributed by atoms with E-state index in [2.05, 4.69) is 5.32 Å². The van der Waals surface area contributed by atoms with Gasteiger partial charge in [-0.1, -0.05) is 41.9 Å². The van der Waals surface area contributed by atoms with Gasteiger partial charge in [0.25, 0.3) is 0 Å². The average molecular weight is 527 g/mol. The van der Waals surface area contributed by atoms with E-state index in [0.717, 1.165) is 10.4 Å². The second kappa shape index (κ2) is 11.1. The molecule has 0 aliphatic carbocycles. The maximum atomic E-state index is 13.4. The maximum Gasteiger partial charge on any atom is 0.418 e. The van der Waals surface area contributed by atoms with E-state index in [4.69, 9.17) is 16.3 Å². The van der Waals surface area contributed by atoms with Crippen LogP contribution in [0.2, 0.25) is 5.02 Å². The fourth-order valence-electron chi connectivity index (χ4n) is 3.25. The van der Waals surface area contributed by atoms with Crippen LogP contribution in [0.3, 0.4) is 0 Å². The molecule has 6 nitrogen and oxygen atoms in total. The van der Waals surface area contributed by atoms with E-state index in [1.165, 1.54) is 30.3 Å². The summed E-state index contributed by atoms with van der Waals surface area (Å²) in [6, 6.07) is 17.1. The summed E-state index contributed by atoms with van der Waals surface area (Å²) in [4.78, 5) is 12.7. The smallest absolute Gasteiger partial charge is 0.418 e. The lowest BCUT2D eigenvalue weighted by molar-refractivity contribution is -0.137. The van der Waals surface area contributed by atoms with E-state index < -0.39 is 39.9 Å². The molecule has 0 bridgehead atoms. The van der Waals surface area contributed by atoms with Crippen molar-refractivity contribution in [2.75, 3.05) is 18.5 Å². The second-order valence-electron chi connectivity index (χ2n) is 7.40. The lowest BCUT2D eigenvalue weighted by atomic mass is 10.1. The first-order chi connectivity index (χ1) is 16.5. The molecule has 0 unspecified atom stereocenters. The standard InChI is InChI=1S/C24H22ClF3N2O4S/c1-2-34-19-9-11-20(12-10-19)35(32,33)30(15-17-6-4-3-5-7-17)16-23(31)29-22-13-8-18(25)14-21(22)24(26,27)28/h3-14H,2,15-16H2,1H3,(H,29,31). The van der Waals surface area contributed by atoms with Gasteiger partial charge in [-0.05, 0) is 55.0 Å². The summed E-state index contributed by atoms with van der Waals surface area (Å²) in [5, 5.41) is 2.01. The first-order valence-corrected chi connectivity index (χ1v) is 12.3. The first-order valence-electron chi connectivity index (χ1n) is 10.4. The van der Waals surface area contributed by atoms with Crippen molar-refractivity contribution < 1.29 is 31.1 Å². The van der Waals surface area contributed by atoms with Gasteiger partial charge in [0.1, 0.15) is 5.75 Å². The minimum atomic E-state index is -4.77. The minimum Gasteiger partial charge on any atom is -0.494 e. The Labute approximate surface area is 206 Å². The largest absolute Gasteiger partial charge is 0.494 e. The highest BCUT2D eigenvalue weighted by Gasteiger charge is 2.35. The summed E-state index contributed by atoms with van der Waals surface area (Å²) < 4.78 is 73.2. The van der Waals surface area contributed by atoms with Crippen molar-refractivity contribution >= 4 is 33.2 Å². The van der Waals surface area contributed by atoms with Crippen LogP contribution in [0.15, 0.2) is 77.7 Å². The highest BCUT2D eigenvalue weighted by Crippen LogP contribution is 2.36. The van der Waals surface area contributed by atoms with E-state index in [0.29, 0.717) is 24.0 Å². The molecule has 186 valence electrons. The molecule has 0 saturated heterocycles. The van der Waals surface area contributed by atoms with Crippen LogP contribution in [0.4, 0.5) is 18.9 Å². The molecule has 35 heavy (non-hydrogen) atoms. The number of anilines is 1. The normalized spacial score (nSPS) is 11.9. The quantitative estimate of drug-likeness (QED) is 0.394. The Morgan fingerprint density at radius 1 is 1.03 bits per heavy atom. The maximum absolute atomic E-state index is 13.4. The van der Waals surface area contributed by atoms with Crippen LogP contribution >= 0.6 is 11.6 Å². The Hall–Kier alpha value is -3.08. The summed E-state index contributed by atoms with van der Waals surface area (Å²) in [5.41, 5.74) is -1.07. The second-order valence-corrected chi connectivity index (χ2v) is 9.77. The van der Waals surface area contributed by atoms with Crippen molar-refractivity contribution in [2.24, 2.45) is 0 Å². The third kappa shape index (κ3) is 6.97. The van der Waals surface area contributed by atoms with Crippen LogP contribution in [-0.4, -0.2) is 31.8 Å². The van der Waals surface area contributed by atoms with Gasteiger partial charge >= 0.3 is 6.18 Å². The number of hydrogen-bond donors (Lipinski definition) is 1. The Balaban J connectivity index is 1.90. The van der Waals surface area contributed by atoms with Crippen LogP contribution in [0.5, 0.6) is 5.75 Å². The van der Waals surface area contributed by atoms with Crippen LogP contribution < -0.4 is 10.1 Å². The topological polar surface area (TPSA) is 75.7 Å². The fraction of sp³-hybridized carbons (Fsp3) is 0.208. The molecule has 11 heteroatoms. The third-order valence-electron chi connectivity index (χ3n) is 4.86. The highest BCUT2D eigenvalue weighted by molar-refractivity contribution is 7.89. The molecule has 0 spiro atoms. The number of carbonyl (C=O) groups is 1. The summed E-state index contributed by atoms with van der Waals surface area (Å²) in [6.07, 6.45) is -4.77. The average Bonchev–Trinajstić information content (AvgIpc) is 2.80. The van der Waals surface area contributed by atoms with Crippen LogP contribution in [0, 0.1) is 0 Å². The van der Waals surface area contributed by atoms with Crippen molar-refractivity contribution in [3.05, 3.63) is 88.9 Å². The zero-order valence-electron chi connectivity index (χ0n) is 18.5. The molecule has 0 saturated carbocycles. The number of hydrogen-bond acceptors (Lipinski definition) is 4. The third-order valence-corrected chi connectivity index (χ3v) is 6.90. The van der Waals surface area contributed by atoms with Gasteiger partial charge in [0.2, 0.25) is 15.9 Å². The predicted octanol–water partition coefficient (Wildman–Crippen LogP) is 5.59.